The van der Waals surface area contributed by atoms with Crippen LogP contribution in [0.25, 0.3) is 0 Å². The van der Waals surface area contributed by atoms with Gasteiger partial charge in [-0.25, -0.2) is 13.2 Å². The third-order valence-electron chi connectivity index (χ3n) is 9.20. The molecule has 2 amide bonds. The second-order valence-corrected chi connectivity index (χ2v) is 15.0. The largest absolute Gasteiger partial charge is 0.493 e. The Balaban J connectivity index is 1.51. The molecule has 10 nitrogen and oxygen atoms in total. The lowest BCUT2D eigenvalue weighted by molar-refractivity contribution is 0.108. The van der Waals surface area contributed by atoms with E-state index in [0.717, 1.165) is 30.4 Å². The summed E-state index contributed by atoms with van der Waals surface area (Å²) in [5.41, 5.74) is 2.09. The zero-order chi connectivity index (χ0) is 33.8. The minimum atomic E-state index is -3.80. The van der Waals surface area contributed by atoms with Crippen molar-refractivity contribution in [2.45, 2.75) is 43.2 Å². The van der Waals surface area contributed by atoms with E-state index in [-0.39, 0.29) is 17.5 Å². The van der Waals surface area contributed by atoms with Crippen LogP contribution in [0.5, 0.6) is 5.75 Å². The molecule has 3 aliphatic rings. The summed E-state index contributed by atoms with van der Waals surface area (Å²) in [6.45, 7) is 5.88. The van der Waals surface area contributed by atoms with Crippen LogP contribution in [-0.4, -0.2) is 103 Å². The van der Waals surface area contributed by atoms with Crippen LogP contribution in [0.15, 0.2) is 76.6 Å². The van der Waals surface area contributed by atoms with E-state index in [0.29, 0.717) is 79.6 Å². The van der Waals surface area contributed by atoms with Crippen LogP contribution >= 0.6 is 23.2 Å². The number of aliphatic imine (C=N–C) groups is 1. The first-order valence-corrected chi connectivity index (χ1v) is 18.7. The standard InChI is InChI=1S/C35H41Cl2N5O5S/c1-2-47-31-15-14-29(48(45,46)41-16-4-3-5-17-41)24-30(31)34-38-32(25-6-10-27(36)11-7-25)33(26-8-12-28(37)13-9-26)42(34)35(44)40-20-18-39(19-21-40)22-23-43/h6-15,24,32-33,43H,2-5,16-23H2,1H3. The number of carbonyl (C=O) groups is 1. The third kappa shape index (κ3) is 7.22. The molecule has 0 aromatic heterocycles. The lowest BCUT2D eigenvalue weighted by Gasteiger charge is -2.39. The number of hydrogen-bond donors (Lipinski definition) is 1. The monoisotopic (exact) mass is 713 g/mol. The highest BCUT2D eigenvalue weighted by molar-refractivity contribution is 7.89. The smallest absolute Gasteiger partial charge is 0.326 e. The Morgan fingerprint density at radius 3 is 2.10 bits per heavy atom. The number of amides is 2. The van der Waals surface area contributed by atoms with E-state index in [1.165, 1.54) is 4.31 Å². The van der Waals surface area contributed by atoms with Gasteiger partial charge in [-0.1, -0.05) is 53.9 Å². The van der Waals surface area contributed by atoms with Crippen molar-refractivity contribution in [3.63, 3.8) is 0 Å². The molecular formula is C35H41Cl2N5O5S. The zero-order valence-corrected chi connectivity index (χ0v) is 29.3. The first kappa shape index (κ1) is 34.7. The van der Waals surface area contributed by atoms with Gasteiger partial charge in [0.2, 0.25) is 10.0 Å². The molecule has 2 unspecified atom stereocenters. The number of urea groups is 1. The number of halogens is 2. The Hall–Kier alpha value is -3.19. The molecule has 2 saturated heterocycles. The van der Waals surface area contributed by atoms with Crippen LogP contribution in [0.1, 0.15) is 55.0 Å². The molecule has 13 heteroatoms. The molecule has 2 atom stereocenters. The number of β-amino-alcohol motifs (C(OH)–C–C–N with tert-alkyl or cyclic N) is 1. The van der Waals surface area contributed by atoms with Crippen LogP contribution in [0.2, 0.25) is 10.0 Å². The maximum atomic E-state index is 14.8. The van der Waals surface area contributed by atoms with Gasteiger partial charge in [0, 0.05) is 55.9 Å². The van der Waals surface area contributed by atoms with E-state index < -0.39 is 22.1 Å². The number of nitrogens with zero attached hydrogens (tertiary/aromatic N) is 5. The van der Waals surface area contributed by atoms with Crippen LogP contribution < -0.4 is 4.74 Å². The topological polar surface area (TPSA) is 106 Å². The summed E-state index contributed by atoms with van der Waals surface area (Å²) in [6.07, 6.45) is 2.63. The molecule has 0 bridgehead atoms. The Labute approximate surface area is 292 Å². The fraction of sp³-hybridized carbons (Fsp3) is 0.429. The number of piperidine rings is 1. The number of ether oxygens (including phenoxy) is 1. The first-order chi connectivity index (χ1) is 23.2. The highest BCUT2D eigenvalue weighted by Crippen LogP contribution is 2.46. The summed E-state index contributed by atoms with van der Waals surface area (Å²) in [7, 11) is -3.80. The predicted molar refractivity (Wildman–Crippen MR) is 187 cm³/mol. The van der Waals surface area contributed by atoms with Gasteiger partial charge < -0.3 is 14.7 Å². The van der Waals surface area contributed by atoms with Gasteiger partial charge in [0.05, 0.1) is 29.7 Å². The highest BCUT2D eigenvalue weighted by Gasteiger charge is 2.45. The van der Waals surface area contributed by atoms with Crippen molar-refractivity contribution in [2.75, 3.05) is 59.0 Å². The van der Waals surface area contributed by atoms with Gasteiger partial charge in [-0.05, 0) is 73.4 Å². The van der Waals surface area contributed by atoms with E-state index >= 15 is 0 Å². The summed E-state index contributed by atoms with van der Waals surface area (Å²) in [5.74, 6) is 0.767. The molecule has 3 aromatic carbocycles. The quantitative estimate of drug-likeness (QED) is 0.299. The van der Waals surface area contributed by atoms with Crippen molar-refractivity contribution in [3.8, 4) is 5.75 Å². The van der Waals surface area contributed by atoms with Crippen LogP contribution in [0, 0.1) is 0 Å². The maximum absolute atomic E-state index is 14.8. The summed E-state index contributed by atoms with van der Waals surface area (Å²) < 4.78 is 35.4. The third-order valence-corrected chi connectivity index (χ3v) is 11.6. The number of hydrogen-bond acceptors (Lipinski definition) is 7. The van der Waals surface area contributed by atoms with Crippen molar-refractivity contribution in [1.29, 1.82) is 0 Å². The summed E-state index contributed by atoms with van der Waals surface area (Å²) in [6, 6.07) is 18.3. The predicted octanol–water partition coefficient (Wildman–Crippen LogP) is 5.84. The maximum Gasteiger partial charge on any atom is 0.326 e. The molecule has 6 rings (SSSR count). The summed E-state index contributed by atoms with van der Waals surface area (Å²) >= 11 is 12.6. The van der Waals surface area contributed by atoms with E-state index in [9.17, 15) is 18.3 Å². The molecular weight excluding hydrogens is 673 g/mol. The zero-order valence-electron chi connectivity index (χ0n) is 27.0. The van der Waals surface area contributed by atoms with Crippen LogP contribution in [0.4, 0.5) is 4.79 Å². The number of carbonyl (C=O) groups excluding carboxylic acids is 1. The van der Waals surface area contributed by atoms with Gasteiger partial charge >= 0.3 is 6.03 Å². The highest BCUT2D eigenvalue weighted by atomic mass is 35.5. The number of piperazine rings is 1. The minimum absolute atomic E-state index is 0.0508. The van der Waals surface area contributed by atoms with Gasteiger partial charge in [-0.15, -0.1) is 0 Å². The average Bonchev–Trinajstić information content (AvgIpc) is 3.50. The number of rotatable bonds is 9. The van der Waals surface area contributed by atoms with Gasteiger partial charge in [0.15, 0.2) is 0 Å². The summed E-state index contributed by atoms with van der Waals surface area (Å²) in [5, 5.41) is 10.6. The molecule has 3 aliphatic heterocycles. The van der Waals surface area contributed by atoms with Gasteiger partial charge in [-0.3, -0.25) is 14.8 Å². The SMILES string of the molecule is CCOc1ccc(S(=O)(=O)N2CCCCC2)cc1C1=NC(c2ccc(Cl)cc2)C(c2ccc(Cl)cc2)N1C(=O)N1CCN(CCO)CC1. The molecule has 3 aromatic rings. The fourth-order valence-electron chi connectivity index (χ4n) is 6.69. The first-order valence-electron chi connectivity index (χ1n) is 16.5. The number of sulfonamides is 1. The lowest BCUT2D eigenvalue weighted by atomic mass is 9.93. The molecule has 1 N–H and O–H groups in total. The molecule has 48 heavy (non-hydrogen) atoms. The van der Waals surface area contributed by atoms with E-state index in [4.69, 9.17) is 32.9 Å². The minimum Gasteiger partial charge on any atom is -0.493 e. The van der Waals surface area contributed by atoms with Gasteiger partial charge in [0.1, 0.15) is 17.6 Å². The molecule has 3 heterocycles. The van der Waals surface area contributed by atoms with Crippen molar-refractivity contribution in [1.82, 2.24) is 19.0 Å². The normalized spacial score (nSPS) is 21.0. The second kappa shape index (κ2) is 15.1. The lowest BCUT2D eigenvalue weighted by Crippen LogP contribution is -2.54. The van der Waals surface area contributed by atoms with Crippen molar-refractivity contribution in [2.24, 2.45) is 4.99 Å². The average molecular weight is 715 g/mol. The molecule has 256 valence electrons. The van der Waals surface area contributed by atoms with Crippen LogP contribution in [0.3, 0.4) is 0 Å². The van der Waals surface area contributed by atoms with E-state index in [1.807, 2.05) is 31.2 Å². The second-order valence-electron chi connectivity index (χ2n) is 12.2. The number of aliphatic hydroxyl groups is 1. The Bertz CT molecular complexity index is 1720. The summed E-state index contributed by atoms with van der Waals surface area (Å²) in [4.78, 5) is 25.8. The van der Waals surface area contributed by atoms with Crippen molar-refractivity contribution >= 4 is 45.1 Å². The Morgan fingerprint density at radius 1 is 0.875 bits per heavy atom. The molecule has 0 saturated carbocycles. The molecule has 0 aliphatic carbocycles. The van der Waals surface area contributed by atoms with E-state index in [1.54, 1.807) is 52.3 Å². The van der Waals surface area contributed by atoms with Gasteiger partial charge in [0.25, 0.3) is 0 Å². The number of benzene rings is 3. The van der Waals surface area contributed by atoms with E-state index in [2.05, 4.69) is 4.90 Å². The van der Waals surface area contributed by atoms with Crippen molar-refractivity contribution in [3.05, 3.63) is 93.5 Å². The Kier molecular flexibility index (Phi) is 10.9. The molecule has 0 radical (unpaired) electrons. The Morgan fingerprint density at radius 2 is 1.50 bits per heavy atom. The number of aliphatic hydroxyl groups excluding tert-OH is 1. The van der Waals surface area contributed by atoms with Crippen LogP contribution in [-0.2, 0) is 10.0 Å². The molecule has 2 fully saturated rings. The van der Waals surface area contributed by atoms with Crippen molar-refractivity contribution < 1.29 is 23.1 Å². The fourth-order valence-corrected chi connectivity index (χ4v) is 8.49. The molecule has 0 spiro atoms. The van der Waals surface area contributed by atoms with Gasteiger partial charge in [-0.2, -0.15) is 4.31 Å². The number of amidine groups is 1.